The van der Waals surface area contributed by atoms with E-state index in [4.69, 9.17) is 0 Å². The topological polar surface area (TPSA) is 69.7 Å². The van der Waals surface area contributed by atoms with E-state index in [1.54, 1.807) is 34.6 Å². The lowest BCUT2D eigenvalue weighted by Crippen LogP contribution is -2.49. The Kier molecular flexibility index (Phi) is 7.69. The van der Waals surface area contributed by atoms with Crippen molar-refractivity contribution >= 4 is 21.6 Å². The van der Waals surface area contributed by atoms with Gasteiger partial charge in [-0.3, -0.25) is 9.69 Å². The van der Waals surface area contributed by atoms with Crippen molar-refractivity contribution in [3.05, 3.63) is 131 Å². The van der Waals surface area contributed by atoms with Crippen LogP contribution in [0.25, 0.3) is 0 Å². The number of aryl methyl sites for hydroxylation is 1. The summed E-state index contributed by atoms with van der Waals surface area (Å²) < 4.78 is 28.4. The molecule has 6 nitrogen and oxygen atoms in total. The number of carbonyl (C=O) groups is 1. The molecule has 4 aromatic carbocycles. The Morgan fingerprint density at radius 1 is 0.711 bits per heavy atom. The minimum Gasteiger partial charge on any atom is -0.322 e. The molecule has 0 atom stereocenters. The summed E-state index contributed by atoms with van der Waals surface area (Å²) in [6.07, 6.45) is 0. The number of benzene rings is 4. The molecule has 194 valence electrons. The van der Waals surface area contributed by atoms with E-state index in [-0.39, 0.29) is 16.8 Å². The first-order chi connectivity index (χ1) is 18.4. The zero-order valence-electron chi connectivity index (χ0n) is 21.3. The Bertz CT molecular complexity index is 1440. The lowest BCUT2D eigenvalue weighted by molar-refractivity contribution is 0.102. The molecule has 0 unspecified atom stereocenters. The van der Waals surface area contributed by atoms with Crippen LogP contribution >= 0.6 is 0 Å². The van der Waals surface area contributed by atoms with Gasteiger partial charge in [0, 0.05) is 37.4 Å². The van der Waals surface area contributed by atoms with Crippen LogP contribution in [0.15, 0.2) is 114 Å². The molecule has 4 aromatic rings. The standard InChI is InChI=1S/C31H31N3O3S/c1-24-10-8-9-15-29(24)31(35)32-27-16-18-28(19-17-27)38(36,37)34-22-20-33(21-23-34)30(25-11-4-2-5-12-25)26-13-6-3-7-14-26/h2-19,30H,20-23H2,1H3,(H,32,35). The second kappa shape index (κ2) is 11.3. The van der Waals surface area contributed by atoms with Gasteiger partial charge in [-0.25, -0.2) is 8.42 Å². The van der Waals surface area contributed by atoms with E-state index in [1.807, 2.05) is 61.5 Å². The predicted molar refractivity (Wildman–Crippen MR) is 151 cm³/mol. The van der Waals surface area contributed by atoms with Gasteiger partial charge in [-0.1, -0.05) is 78.9 Å². The molecule has 1 amide bonds. The SMILES string of the molecule is Cc1ccccc1C(=O)Nc1ccc(S(=O)(=O)N2CCN(C(c3ccccc3)c3ccccc3)CC2)cc1. The molecule has 38 heavy (non-hydrogen) atoms. The molecule has 7 heteroatoms. The monoisotopic (exact) mass is 525 g/mol. The first-order valence-corrected chi connectivity index (χ1v) is 14.2. The highest BCUT2D eigenvalue weighted by Crippen LogP contribution is 2.30. The van der Waals surface area contributed by atoms with Gasteiger partial charge in [-0.05, 0) is 53.9 Å². The first kappa shape index (κ1) is 25.9. The highest BCUT2D eigenvalue weighted by atomic mass is 32.2. The summed E-state index contributed by atoms with van der Waals surface area (Å²) >= 11 is 0. The summed E-state index contributed by atoms with van der Waals surface area (Å²) in [4.78, 5) is 15.2. The van der Waals surface area contributed by atoms with E-state index < -0.39 is 10.0 Å². The maximum Gasteiger partial charge on any atom is 0.255 e. The van der Waals surface area contributed by atoms with Crippen LogP contribution in [0.3, 0.4) is 0 Å². The average molecular weight is 526 g/mol. The summed E-state index contributed by atoms with van der Waals surface area (Å²) in [5.74, 6) is -0.221. The van der Waals surface area contributed by atoms with Crippen LogP contribution in [0.5, 0.6) is 0 Å². The second-order valence-corrected chi connectivity index (χ2v) is 11.4. The van der Waals surface area contributed by atoms with Crippen molar-refractivity contribution < 1.29 is 13.2 Å². The van der Waals surface area contributed by atoms with Crippen molar-refractivity contribution in [3.63, 3.8) is 0 Å². The Morgan fingerprint density at radius 2 is 1.24 bits per heavy atom. The van der Waals surface area contributed by atoms with Gasteiger partial charge >= 0.3 is 0 Å². The Hall–Kier alpha value is -3.78. The summed E-state index contributed by atoms with van der Waals surface area (Å²) in [5.41, 5.74) is 4.41. The summed E-state index contributed by atoms with van der Waals surface area (Å²) in [6, 6.07) is 34.5. The fraction of sp³-hybridized carbons (Fsp3) is 0.194. The molecule has 1 heterocycles. The summed E-state index contributed by atoms with van der Waals surface area (Å²) in [5, 5.41) is 2.85. The van der Waals surface area contributed by atoms with Crippen molar-refractivity contribution in [2.24, 2.45) is 0 Å². The van der Waals surface area contributed by atoms with Gasteiger partial charge in [-0.15, -0.1) is 0 Å². The highest BCUT2D eigenvalue weighted by Gasteiger charge is 2.32. The minimum absolute atomic E-state index is 0.0680. The molecule has 0 bridgehead atoms. The Morgan fingerprint density at radius 3 is 1.79 bits per heavy atom. The van der Waals surface area contributed by atoms with Gasteiger partial charge in [0.1, 0.15) is 0 Å². The van der Waals surface area contributed by atoms with Crippen molar-refractivity contribution in [1.29, 1.82) is 0 Å². The van der Waals surface area contributed by atoms with E-state index in [0.29, 0.717) is 37.4 Å². The molecular weight excluding hydrogens is 494 g/mol. The molecule has 1 N–H and O–H groups in total. The third-order valence-electron chi connectivity index (χ3n) is 7.01. The highest BCUT2D eigenvalue weighted by molar-refractivity contribution is 7.89. The van der Waals surface area contributed by atoms with Crippen LogP contribution in [-0.4, -0.2) is 49.7 Å². The van der Waals surface area contributed by atoms with E-state index in [2.05, 4.69) is 34.5 Å². The zero-order chi connectivity index (χ0) is 26.5. The number of carbonyl (C=O) groups excluding carboxylic acids is 1. The third-order valence-corrected chi connectivity index (χ3v) is 8.92. The molecule has 1 saturated heterocycles. The molecule has 1 aliphatic heterocycles. The molecule has 0 radical (unpaired) electrons. The molecule has 0 aromatic heterocycles. The number of hydrogen-bond donors (Lipinski definition) is 1. The van der Waals surface area contributed by atoms with Crippen LogP contribution in [0, 0.1) is 6.92 Å². The average Bonchev–Trinajstić information content (AvgIpc) is 2.95. The van der Waals surface area contributed by atoms with E-state index in [0.717, 1.165) is 5.56 Å². The summed E-state index contributed by atoms with van der Waals surface area (Å²) in [6.45, 7) is 3.94. The molecule has 1 aliphatic rings. The van der Waals surface area contributed by atoms with Crippen LogP contribution in [0.2, 0.25) is 0 Å². The quantitative estimate of drug-likeness (QED) is 0.354. The van der Waals surface area contributed by atoms with E-state index >= 15 is 0 Å². The molecule has 1 fully saturated rings. The van der Waals surface area contributed by atoms with Crippen LogP contribution < -0.4 is 5.32 Å². The largest absolute Gasteiger partial charge is 0.322 e. The van der Waals surface area contributed by atoms with Crippen molar-refractivity contribution in [1.82, 2.24) is 9.21 Å². The Balaban J connectivity index is 1.27. The third kappa shape index (κ3) is 5.55. The van der Waals surface area contributed by atoms with E-state index in [1.165, 1.54) is 11.1 Å². The normalized spacial score (nSPS) is 14.9. The lowest BCUT2D eigenvalue weighted by atomic mass is 9.96. The molecule has 5 rings (SSSR count). The van der Waals surface area contributed by atoms with Gasteiger partial charge in [0.25, 0.3) is 5.91 Å². The van der Waals surface area contributed by atoms with Crippen molar-refractivity contribution in [2.45, 2.75) is 17.9 Å². The fourth-order valence-corrected chi connectivity index (χ4v) is 6.39. The number of anilines is 1. The van der Waals surface area contributed by atoms with Gasteiger partial charge in [0.15, 0.2) is 0 Å². The zero-order valence-corrected chi connectivity index (χ0v) is 22.1. The number of hydrogen-bond acceptors (Lipinski definition) is 4. The van der Waals surface area contributed by atoms with Gasteiger partial charge in [0.2, 0.25) is 10.0 Å². The van der Waals surface area contributed by atoms with Gasteiger partial charge in [-0.2, -0.15) is 4.31 Å². The number of amides is 1. The molecule has 0 spiro atoms. The molecule has 0 saturated carbocycles. The van der Waals surface area contributed by atoms with Crippen LogP contribution in [0.4, 0.5) is 5.69 Å². The predicted octanol–water partition coefficient (Wildman–Crippen LogP) is 5.34. The van der Waals surface area contributed by atoms with Crippen molar-refractivity contribution in [2.75, 3.05) is 31.5 Å². The van der Waals surface area contributed by atoms with Crippen LogP contribution in [0.1, 0.15) is 33.1 Å². The fourth-order valence-electron chi connectivity index (χ4n) is 4.97. The summed E-state index contributed by atoms with van der Waals surface area (Å²) in [7, 11) is -3.65. The number of nitrogens with one attached hydrogen (secondary N) is 1. The number of nitrogens with zero attached hydrogens (tertiary/aromatic N) is 2. The number of rotatable bonds is 7. The van der Waals surface area contributed by atoms with Gasteiger partial charge in [0.05, 0.1) is 10.9 Å². The Labute approximate surface area is 224 Å². The van der Waals surface area contributed by atoms with E-state index in [9.17, 15) is 13.2 Å². The molecular formula is C31H31N3O3S. The minimum atomic E-state index is -3.65. The van der Waals surface area contributed by atoms with Crippen molar-refractivity contribution in [3.8, 4) is 0 Å². The lowest BCUT2D eigenvalue weighted by Gasteiger charge is -2.39. The first-order valence-electron chi connectivity index (χ1n) is 12.7. The van der Waals surface area contributed by atoms with Crippen LogP contribution in [-0.2, 0) is 10.0 Å². The number of piperazine rings is 1. The maximum atomic E-state index is 13.4. The molecule has 0 aliphatic carbocycles. The number of sulfonamides is 1. The smallest absolute Gasteiger partial charge is 0.255 e. The maximum absolute atomic E-state index is 13.4. The van der Waals surface area contributed by atoms with Gasteiger partial charge < -0.3 is 5.32 Å². The second-order valence-electron chi connectivity index (χ2n) is 9.46.